The van der Waals surface area contributed by atoms with Crippen molar-refractivity contribution in [3.8, 4) is 0 Å². The molecule has 3 heterocycles. The third kappa shape index (κ3) is 5.62. The van der Waals surface area contributed by atoms with E-state index in [4.69, 9.17) is 0 Å². The first-order valence-electron chi connectivity index (χ1n) is 12.5. The lowest BCUT2D eigenvalue weighted by Gasteiger charge is -2.24. The molecule has 1 aliphatic rings. The Morgan fingerprint density at radius 1 is 0.353 bits per heavy atom. The van der Waals surface area contributed by atoms with Crippen molar-refractivity contribution in [1.29, 1.82) is 0 Å². The van der Waals surface area contributed by atoms with Crippen molar-refractivity contribution in [3.63, 3.8) is 0 Å². The van der Waals surface area contributed by atoms with Crippen LogP contribution in [-0.4, -0.2) is 52.4 Å². The van der Waals surface area contributed by atoms with Crippen molar-refractivity contribution in [2.75, 3.05) is 72.0 Å². The lowest BCUT2D eigenvalue weighted by atomic mass is 10.4. The zero-order valence-electron chi connectivity index (χ0n) is 21.9. The fourth-order valence-corrected chi connectivity index (χ4v) is 14.6. The Kier molecular flexibility index (Phi) is 11.4. The van der Waals surface area contributed by atoms with Crippen LogP contribution in [0.2, 0.25) is 0 Å². The molecule has 0 radical (unpaired) electrons. The average Bonchev–Trinajstić information content (AvgIpc) is 3.36. The fourth-order valence-electron chi connectivity index (χ4n) is 4.09. The normalized spacial score (nSPS) is 13.2. The van der Waals surface area contributed by atoms with Gasteiger partial charge in [-0.05, 0) is 98.6 Å². The molecular formula is C24H40N4S6. The molecule has 192 valence electrons. The second-order valence-corrected chi connectivity index (χ2v) is 14.0. The molecule has 0 atom stereocenters. The van der Waals surface area contributed by atoms with E-state index in [9.17, 15) is 0 Å². The Morgan fingerprint density at radius 3 is 0.676 bits per heavy atom. The Bertz CT molecular complexity index is 768. The van der Waals surface area contributed by atoms with Gasteiger partial charge in [-0.15, -0.1) is 0 Å². The molecular weight excluding hydrogens is 537 g/mol. The number of rotatable bonds is 12. The second kappa shape index (κ2) is 13.5. The topological polar surface area (TPSA) is 13.0 Å². The molecule has 0 amide bonds. The van der Waals surface area contributed by atoms with Crippen molar-refractivity contribution >= 4 is 85.9 Å². The van der Waals surface area contributed by atoms with Gasteiger partial charge in [-0.25, -0.2) is 0 Å². The van der Waals surface area contributed by atoms with E-state index in [0.717, 1.165) is 52.4 Å². The van der Waals surface area contributed by atoms with E-state index in [0.29, 0.717) is 0 Å². The number of nitrogens with zero attached hydrogens (tertiary/aromatic N) is 4. The quantitative estimate of drug-likeness (QED) is 0.229. The van der Waals surface area contributed by atoms with E-state index in [2.05, 4.69) is 75.0 Å². The van der Waals surface area contributed by atoms with Gasteiger partial charge in [-0.3, -0.25) is 0 Å². The van der Waals surface area contributed by atoms with E-state index < -0.39 is 0 Å². The van der Waals surface area contributed by atoms with Crippen LogP contribution in [0.25, 0.3) is 0 Å². The molecule has 0 N–H and O–H groups in total. The van der Waals surface area contributed by atoms with E-state index >= 15 is 0 Å². The summed E-state index contributed by atoms with van der Waals surface area (Å²) in [5, 5.41) is 5.78. The lowest BCUT2D eigenvalue weighted by molar-refractivity contribution is 0.856. The lowest BCUT2D eigenvalue weighted by Crippen LogP contribution is -2.21. The molecule has 2 aromatic rings. The van der Waals surface area contributed by atoms with Crippen molar-refractivity contribution in [2.45, 2.75) is 75.0 Å². The van der Waals surface area contributed by atoms with Crippen molar-refractivity contribution in [3.05, 3.63) is 0 Å². The Balaban J connectivity index is 2.14. The Morgan fingerprint density at radius 2 is 0.529 bits per heavy atom. The van der Waals surface area contributed by atoms with Gasteiger partial charge in [0, 0.05) is 52.4 Å². The highest BCUT2D eigenvalue weighted by Gasteiger charge is 2.32. The van der Waals surface area contributed by atoms with Crippen LogP contribution < -0.4 is 19.6 Å². The molecule has 0 unspecified atom stereocenters. The number of hydrogen-bond acceptors (Lipinski definition) is 10. The maximum absolute atomic E-state index is 2.54. The van der Waals surface area contributed by atoms with Gasteiger partial charge < -0.3 is 19.6 Å². The molecule has 34 heavy (non-hydrogen) atoms. The van der Waals surface area contributed by atoms with Crippen LogP contribution in [0.15, 0.2) is 19.6 Å². The highest BCUT2D eigenvalue weighted by molar-refractivity contribution is 8.79. The van der Waals surface area contributed by atoms with E-state index in [1.165, 1.54) is 39.6 Å². The highest BCUT2D eigenvalue weighted by atomic mass is 33.1. The first kappa shape index (κ1) is 28.6. The predicted octanol–water partition coefficient (Wildman–Crippen LogP) is 9.11. The summed E-state index contributed by atoms with van der Waals surface area (Å²) in [7, 11) is 7.96. The molecule has 10 heteroatoms. The van der Waals surface area contributed by atoms with Gasteiger partial charge in [0.15, 0.2) is 0 Å². The maximum atomic E-state index is 2.54. The molecule has 0 bridgehead atoms. The summed E-state index contributed by atoms with van der Waals surface area (Å²) in [6.45, 7) is 26.6. The van der Waals surface area contributed by atoms with E-state index in [-0.39, 0.29) is 0 Å². The minimum Gasteiger partial charge on any atom is -0.363 e. The van der Waals surface area contributed by atoms with Crippen molar-refractivity contribution in [2.24, 2.45) is 0 Å². The Hall–Kier alpha value is -0.000000000000000111. The number of anilines is 4. The maximum Gasteiger partial charge on any atom is 0.109 e. The first-order chi connectivity index (χ1) is 16.5. The summed E-state index contributed by atoms with van der Waals surface area (Å²) in [5.74, 6) is 0. The van der Waals surface area contributed by atoms with Crippen molar-refractivity contribution < 1.29 is 0 Å². The summed E-state index contributed by atoms with van der Waals surface area (Å²) >= 11 is 3.99. The SMILES string of the molecule is CCN(CC)c1sc(N(CC)CC)c2c1SSc1c(N(CC)CC)sc(N(CC)CC)c1SS2. The average molecular weight is 577 g/mol. The second-order valence-electron chi connectivity index (χ2n) is 7.76. The summed E-state index contributed by atoms with van der Waals surface area (Å²) < 4.78 is 0. The van der Waals surface area contributed by atoms with Gasteiger partial charge >= 0.3 is 0 Å². The zero-order valence-corrected chi connectivity index (χ0v) is 26.8. The summed E-state index contributed by atoms with van der Waals surface area (Å²) in [4.78, 5) is 16.0. The van der Waals surface area contributed by atoms with Crippen LogP contribution in [0.4, 0.5) is 20.0 Å². The Labute approximate surface area is 231 Å². The molecule has 1 aliphatic heterocycles. The number of hydrogen-bond donors (Lipinski definition) is 0. The molecule has 0 spiro atoms. The smallest absolute Gasteiger partial charge is 0.109 e. The standard InChI is InChI=1S/C24H40N4S6/c1-9-25(10-2)21-17-18(22(29-21)26(11-3)12-4)32-34-20-19(33-31-17)23(27(13-5)14-6)30-24(20)28(15-7)16-8/h9-16H2,1-8H3. The highest BCUT2D eigenvalue weighted by Crippen LogP contribution is 2.65. The van der Waals surface area contributed by atoms with Crippen LogP contribution >= 0.6 is 65.8 Å². The molecule has 0 saturated carbocycles. The van der Waals surface area contributed by atoms with Crippen LogP contribution in [0, 0.1) is 0 Å². The van der Waals surface area contributed by atoms with Crippen LogP contribution in [-0.2, 0) is 0 Å². The summed E-state index contributed by atoms with van der Waals surface area (Å²) in [5.41, 5.74) is 0. The van der Waals surface area contributed by atoms with Crippen molar-refractivity contribution in [1.82, 2.24) is 0 Å². The van der Waals surface area contributed by atoms with Crippen LogP contribution in [0.5, 0.6) is 0 Å². The van der Waals surface area contributed by atoms with Gasteiger partial charge in [-0.2, -0.15) is 0 Å². The molecule has 0 aliphatic carbocycles. The van der Waals surface area contributed by atoms with Gasteiger partial charge in [0.05, 0.1) is 19.6 Å². The van der Waals surface area contributed by atoms with Gasteiger partial charge in [-0.1, -0.05) is 22.7 Å². The number of fused-ring (bicyclic) bond motifs is 2. The molecule has 2 aromatic heterocycles. The van der Waals surface area contributed by atoms with Gasteiger partial charge in [0.2, 0.25) is 0 Å². The first-order valence-corrected chi connectivity index (χ1v) is 18.5. The van der Waals surface area contributed by atoms with Gasteiger partial charge in [0.1, 0.15) is 20.0 Å². The van der Waals surface area contributed by atoms with Crippen LogP contribution in [0.3, 0.4) is 0 Å². The van der Waals surface area contributed by atoms with E-state index in [1.54, 1.807) is 0 Å². The summed E-state index contributed by atoms with van der Waals surface area (Å²) in [6.07, 6.45) is 0. The third-order valence-corrected chi connectivity index (χ3v) is 14.5. The van der Waals surface area contributed by atoms with Crippen LogP contribution in [0.1, 0.15) is 55.4 Å². The number of thiophene rings is 2. The molecule has 4 nitrogen and oxygen atoms in total. The van der Waals surface area contributed by atoms with Gasteiger partial charge in [0.25, 0.3) is 0 Å². The fraction of sp³-hybridized carbons (Fsp3) is 0.667. The molecule has 0 aromatic carbocycles. The summed E-state index contributed by atoms with van der Waals surface area (Å²) in [6, 6.07) is 0. The zero-order chi connectivity index (χ0) is 24.8. The molecule has 0 fully saturated rings. The van der Waals surface area contributed by atoms with E-state index in [1.807, 2.05) is 65.8 Å². The third-order valence-electron chi connectivity index (χ3n) is 6.20. The molecule has 3 rings (SSSR count). The minimum atomic E-state index is 1.05. The predicted molar refractivity (Wildman–Crippen MR) is 166 cm³/mol. The largest absolute Gasteiger partial charge is 0.363 e. The monoisotopic (exact) mass is 576 g/mol. The minimum absolute atomic E-state index is 1.05. The molecule has 0 saturated heterocycles.